The van der Waals surface area contributed by atoms with Gasteiger partial charge in [0.1, 0.15) is 11.5 Å². The van der Waals surface area contributed by atoms with Crippen molar-refractivity contribution < 1.29 is 19.1 Å². The first-order chi connectivity index (χ1) is 16.5. The number of nitrogens with one attached hydrogen (secondary N) is 2. The first-order valence-electron chi connectivity index (χ1n) is 12.0. The summed E-state index contributed by atoms with van der Waals surface area (Å²) in [5.41, 5.74) is 2.69. The van der Waals surface area contributed by atoms with E-state index in [9.17, 15) is 9.59 Å². The van der Waals surface area contributed by atoms with Crippen LogP contribution in [0.15, 0.2) is 36.4 Å². The van der Waals surface area contributed by atoms with E-state index >= 15 is 0 Å². The van der Waals surface area contributed by atoms with E-state index in [0.29, 0.717) is 34.4 Å². The predicted octanol–water partition coefficient (Wildman–Crippen LogP) is 4.82. The summed E-state index contributed by atoms with van der Waals surface area (Å²) in [5, 5.41) is 5.68. The molecule has 8 nitrogen and oxygen atoms in total. The molecule has 8 heteroatoms. The van der Waals surface area contributed by atoms with Crippen LogP contribution in [-0.4, -0.2) is 57.2 Å². The van der Waals surface area contributed by atoms with Crippen LogP contribution in [0.2, 0.25) is 0 Å². The fourth-order valence-corrected chi connectivity index (χ4v) is 4.59. The van der Waals surface area contributed by atoms with Crippen LogP contribution in [-0.2, 0) is 0 Å². The second kappa shape index (κ2) is 10.7. The van der Waals surface area contributed by atoms with Crippen molar-refractivity contribution in [2.75, 3.05) is 55.9 Å². The fraction of sp³-hybridized carbons (Fsp3) is 0.462. The second-order valence-corrected chi connectivity index (χ2v) is 9.05. The molecular weight excluding hydrogens is 432 g/mol. The summed E-state index contributed by atoms with van der Waals surface area (Å²) in [6, 6.07) is 10.4. The van der Waals surface area contributed by atoms with Gasteiger partial charge in [0.15, 0.2) is 0 Å². The topological polar surface area (TPSA) is 83.1 Å². The molecule has 0 aliphatic carbocycles. The van der Waals surface area contributed by atoms with Gasteiger partial charge in [-0.05, 0) is 61.9 Å². The highest BCUT2D eigenvalue weighted by molar-refractivity contribution is 6.04. The predicted molar refractivity (Wildman–Crippen MR) is 134 cm³/mol. The zero-order valence-electron chi connectivity index (χ0n) is 20.2. The Morgan fingerprint density at radius 3 is 2.32 bits per heavy atom. The number of carbonyl (C=O) groups excluding carboxylic acids is 2. The lowest BCUT2D eigenvalue weighted by molar-refractivity contribution is 0.0793. The van der Waals surface area contributed by atoms with Crippen LogP contribution < -0.4 is 25.0 Å². The number of nitrogens with zero attached hydrogens (tertiary/aromatic N) is 2. The van der Waals surface area contributed by atoms with E-state index in [4.69, 9.17) is 9.47 Å². The molecule has 0 bridgehead atoms. The number of ether oxygens (including phenoxy) is 2. The highest BCUT2D eigenvalue weighted by Crippen LogP contribution is 2.32. The van der Waals surface area contributed by atoms with Gasteiger partial charge in [0.25, 0.3) is 5.91 Å². The summed E-state index contributed by atoms with van der Waals surface area (Å²) in [7, 11) is 3.11. The van der Waals surface area contributed by atoms with E-state index in [1.807, 2.05) is 17.0 Å². The molecule has 0 saturated carbocycles. The van der Waals surface area contributed by atoms with Gasteiger partial charge in [-0.1, -0.05) is 6.92 Å². The standard InChI is InChI=1S/C26H34N4O4/c1-18-10-14-29(15-11-18)23-9-6-19(16-21(23)25(31)30-12-4-5-13-30)27-26(32)28-22-8-7-20(33-2)17-24(22)34-3/h6-9,16-18H,4-5,10-15H2,1-3H3,(H2,27,28,32). The SMILES string of the molecule is COc1ccc(NC(=O)Nc2ccc(N3CCC(C)CC3)c(C(=O)N3CCCC3)c2)c(OC)c1. The van der Waals surface area contributed by atoms with Crippen LogP contribution in [0.3, 0.4) is 0 Å². The third kappa shape index (κ3) is 5.38. The van der Waals surface area contributed by atoms with Gasteiger partial charge >= 0.3 is 6.03 Å². The third-order valence-electron chi connectivity index (χ3n) is 6.66. The Morgan fingerprint density at radius 1 is 0.912 bits per heavy atom. The number of urea groups is 1. The minimum absolute atomic E-state index is 0.0343. The summed E-state index contributed by atoms with van der Waals surface area (Å²) in [6.07, 6.45) is 4.30. The molecule has 0 aromatic heterocycles. The monoisotopic (exact) mass is 466 g/mol. The number of methoxy groups -OCH3 is 2. The van der Waals surface area contributed by atoms with E-state index in [2.05, 4.69) is 22.5 Å². The van der Waals surface area contributed by atoms with E-state index in [1.54, 1.807) is 31.4 Å². The minimum atomic E-state index is -0.414. The molecule has 34 heavy (non-hydrogen) atoms. The Bertz CT molecular complexity index is 1030. The average Bonchev–Trinajstić information content (AvgIpc) is 3.39. The number of benzene rings is 2. The molecule has 2 fully saturated rings. The zero-order valence-corrected chi connectivity index (χ0v) is 20.2. The maximum atomic E-state index is 13.4. The number of anilines is 3. The second-order valence-electron chi connectivity index (χ2n) is 9.05. The highest BCUT2D eigenvalue weighted by Gasteiger charge is 2.26. The van der Waals surface area contributed by atoms with Crippen molar-refractivity contribution in [3.8, 4) is 11.5 Å². The van der Waals surface area contributed by atoms with Crippen LogP contribution in [0.5, 0.6) is 11.5 Å². The van der Waals surface area contributed by atoms with Gasteiger partial charge in [-0.15, -0.1) is 0 Å². The van der Waals surface area contributed by atoms with Crippen molar-refractivity contribution in [3.63, 3.8) is 0 Å². The van der Waals surface area contributed by atoms with Crippen LogP contribution in [0.1, 0.15) is 43.0 Å². The maximum absolute atomic E-state index is 13.4. The van der Waals surface area contributed by atoms with Crippen molar-refractivity contribution in [1.82, 2.24) is 4.90 Å². The molecule has 2 N–H and O–H groups in total. The Kier molecular flexibility index (Phi) is 7.45. The Hall–Kier alpha value is -3.42. The molecule has 2 saturated heterocycles. The first-order valence-corrected chi connectivity index (χ1v) is 12.0. The molecule has 0 spiro atoms. The quantitative estimate of drug-likeness (QED) is 0.638. The van der Waals surface area contributed by atoms with Crippen LogP contribution in [0, 0.1) is 5.92 Å². The molecule has 2 aliphatic rings. The normalized spacial score (nSPS) is 16.3. The molecule has 0 radical (unpaired) electrons. The number of amides is 3. The Balaban J connectivity index is 1.54. The molecule has 2 aromatic rings. The minimum Gasteiger partial charge on any atom is -0.497 e. The smallest absolute Gasteiger partial charge is 0.323 e. The molecule has 2 heterocycles. The molecule has 2 aliphatic heterocycles. The summed E-state index contributed by atoms with van der Waals surface area (Å²) in [6.45, 7) is 5.71. The van der Waals surface area contributed by atoms with Gasteiger partial charge in [0.2, 0.25) is 0 Å². The number of hydrogen-bond acceptors (Lipinski definition) is 5. The van der Waals surface area contributed by atoms with Gasteiger partial charge in [0, 0.05) is 43.6 Å². The molecular formula is C26H34N4O4. The first kappa shape index (κ1) is 23.7. The Labute approximate surface area is 201 Å². The molecule has 3 amide bonds. The van der Waals surface area contributed by atoms with Gasteiger partial charge in [-0.2, -0.15) is 0 Å². The lowest BCUT2D eigenvalue weighted by Crippen LogP contribution is -2.35. The summed E-state index contributed by atoms with van der Waals surface area (Å²) >= 11 is 0. The average molecular weight is 467 g/mol. The van der Waals surface area contributed by atoms with Crippen molar-refractivity contribution in [3.05, 3.63) is 42.0 Å². The third-order valence-corrected chi connectivity index (χ3v) is 6.66. The maximum Gasteiger partial charge on any atom is 0.323 e. The van der Waals surface area contributed by atoms with Crippen LogP contribution >= 0.6 is 0 Å². The van der Waals surface area contributed by atoms with Crippen molar-refractivity contribution in [2.45, 2.75) is 32.6 Å². The zero-order chi connectivity index (χ0) is 24.1. The van der Waals surface area contributed by atoms with Gasteiger partial charge in [-0.3, -0.25) is 4.79 Å². The lowest BCUT2D eigenvalue weighted by Gasteiger charge is -2.34. The number of rotatable bonds is 6. The van der Waals surface area contributed by atoms with Crippen molar-refractivity contribution in [2.24, 2.45) is 5.92 Å². The summed E-state index contributed by atoms with van der Waals surface area (Å²) in [4.78, 5) is 30.4. The number of likely N-dealkylation sites (tertiary alicyclic amines) is 1. The molecule has 0 unspecified atom stereocenters. The van der Waals surface area contributed by atoms with Gasteiger partial charge < -0.3 is 29.9 Å². The number of carbonyl (C=O) groups is 2. The molecule has 0 atom stereocenters. The fourth-order valence-electron chi connectivity index (χ4n) is 4.59. The Morgan fingerprint density at radius 2 is 1.65 bits per heavy atom. The van der Waals surface area contributed by atoms with Crippen molar-refractivity contribution in [1.29, 1.82) is 0 Å². The van der Waals surface area contributed by atoms with Gasteiger partial charge in [-0.25, -0.2) is 4.79 Å². The van der Waals surface area contributed by atoms with Crippen LogP contribution in [0.25, 0.3) is 0 Å². The van der Waals surface area contributed by atoms with E-state index in [1.165, 1.54) is 7.11 Å². The molecule has 182 valence electrons. The van der Waals surface area contributed by atoms with Crippen molar-refractivity contribution >= 4 is 29.0 Å². The number of hydrogen-bond donors (Lipinski definition) is 2. The van der Waals surface area contributed by atoms with E-state index < -0.39 is 6.03 Å². The van der Waals surface area contributed by atoms with E-state index in [0.717, 1.165) is 57.5 Å². The summed E-state index contributed by atoms with van der Waals surface area (Å²) < 4.78 is 10.6. The van der Waals surface area contributed by atoms with E-state index in [-0.39, 0.29) is 5.91 Å². The van der Waals surface area contributed by atoms with Gasteiger partial charge in [0.05, 0.1) is 25.5 Å². The number of piperidine rings is 1. The summed E-state index contributed by atoms with van der Waals surface area (Å²) in [5.74, 6) is 1.87. The highest BCUT2D eigenvalue weighted by atomic mass is 16.5. The lowest BCUT2D eigenvalue weighted by atomic mass is 9.97. The van der Waals surface area contributed by atoms with Crippen LogP contribution in [0.4, 0.5) is 21.9 Å². The molecule has 4 rings (SSSR count). The molecule has 2 aromatic carbocycles. The largest absolute Gasteiger partial charge is 0.497 e.